The molecule has 1 aliphatic heterocycles. The number of rotatable bonds is 5. The number of amides is 1. The Bertz CT molecular complexity index is 460. The average molecular weight is 274 g/mol. The highest BCUT2D eigenvalue weighted by molar-refractivity contribution is 5.82. The zero-order chi connectivity index (χ0) is 13.9. The second-order valence-electron chi connectivity index (χ2n) is 5.85. The number of pyridine rings is 1. The number of carbonyl (C=O) groups excluding carboxylic acids is 1. The molecule has 0 radical (unpaired) electrons. The summed E-state index contributed by atoms with van der Waals surface area (Å²) in [5.74, 6) is 0.954. The Morgan fingerprint density at radius 1 is 1.40 bits per heavy atom. The molecule has 2 atom stereocenters. The third kappa shape index (κ3) is 3.16. The van der Waals surface area contributed by atoms with Crippen molar-refractivity contribution in [1.29, 1.82) is 0 Å². The quantitative estimate of drug-likeness (QED) is 0.831. The molecule has 1 amide bonds. The van der Waals surface area contributed by atoms with Crippen LogP contribution >= 0.6 is 0 Å². The molecule has 0 aromatic carbocycles. The summed E-state index contributed by atoms with van der Waals surface area (Å²) in [6.07, 6.45) is 6.11. The Morgan fingerprint density at radius 3 is 2.95 bits per heavy atom. The van der Waals surface area contributed by atoms with Crippen molar-refractivity contribution < 1.29 is 4.79 Å². The van der Waals surface area contributed by atoms with Gasteiger partial charge in [-0.1, -0.05) is 6.07 Å². The minimum absolute atomic E-state index is 0.0747. The van der Waals surface area contributed by atoms with E-state index in [-0.39, 0.29) is 11.9 Å². The fourth-order valence-electron chi connectivity index (χ4n) is 2.76. The van der Waals surface area contributed by atoms with Gasteiger partial charge in [-0.15, -0.1) is 0 Å². The number of nitrogens with one attached hydrogen (secondary N) is 2. The summed E-state index contributed by atoms with van der Waals surface area (Å²) in [5.41, 5.74) is 7.45. The van der Waals surface area contributed by atoms with Crippen molar-refractivity contribution in [3.63, 3.8) is 0 Å². The second-order valence-corrected chi connectivity index (χ2v) is 5.85. The highest BCUT2D eigenvalue weighted by Gasteiger charge is 2.39. The normalized spacial score (nSPS) is 25.6. The Labute approximate surface area is 119 Å². The van der Waals surface area contributed by atoms with Crippen LogP contribution < -0.4 is 10.9 Å². The Balaban J connectivity index is 1.47. The monoisotopic (exact) mass is 274 g/mol. The summed E-state index contributed by atoms with van der Waals surface area (Å²) in [5, 5.41) is 0. The van der Waals surface area contributed by atoms with Crippen molar-refractivity contribution in [2.45, 2.75) is 37.8 Å². The van der Waals surface area contributed by atoms with Crippen molar-refractivity contribution >= 4 is 5.91 Å². The number of carbonyl (C=O) groups is 1. The molecule has 1 aliphatic carbocycles. The van der Waals surface area contributed by atoms with Crippen LogP contribution in [0.2, 0.25) is 0 Å². The Kier molecular flexibility index (Phi) is 3.98. The van der Waals surface area contributed by atoms with Gasteiger partial charge in [0.15, 0.2) is 0 Å². The number of aromatic nitrogens is 1. The maximum absolute atomic E-state index is 12.4. The van der Waals surface area contributed by atoms with Crippen LogP contribution in [0.15, 0.2) is 24.4 Å². The first-order valence-corrected chi connectivity index (χ1v) is 7.40. The van der Waals surface area contributed by atoms with Crippen molar-refractivity contribution in [2.75, 3.05) is 13.6 Å². The first-order chi connectivity index (χ1) is 9.74. The summed E-state index contributed by atoms with van der Waals surface area (Å²) < 4.78 is 0. The number of hydrazine groups is 1. The zero-order valence-electron chi connectivity index (χ0n) is 11.9. The minimum atomic E-state index is -0.0747. The number of nitrogens with zero attached hydrogens (tertiary/aromatic N) is 2. The van der Waals surface area contributed by atoms with Gasteiger partial charge < -0.3 is 4.90 Å². The summed E-state index contributed by atoms with van der Waals surface area (Å²) in [6.45, 7) is 0.710. The molecule has 2 fully saturated rings. The lowest BCUT2D eigenvalue weighted by atomic mass is 10.1. The van der Waals surface area contributed by atoms with Gasteiger partial charge in [-0.3, -0.25) is 15.2 Å². The molecule has 2 heterocycles. The molecule has 1 saturated heterocycles. The van der Waals surface area contributed by atoms with Gasteiger partial charge in [0.1, 0.15) is 6.04 Å². The van der Waals surface area contributed by atoms with Crippen LogP contribution in [0.4, 0.5) is 0 Å². The van der Waals surface area contributed by atoms with Gasteiger partial charge in [-0.25, -0.2) is 5.43 Å². The molecule has 2 unspecified atom stereocenters. The van der Waals surface area contributed by atoms with E-state index in [1.165, 1.54) is 12.8 Å². The van der Waals surface area contributed by atoms with Gasteiger partial charge in [0, 0.05) is 37.9 Å². The standard InChI is InChI=1S/C15H22N4O/c1-19(9-7-12-4-2-3-8-16-12)15(20)14-10-13(17-18-14)11-5-6-11/h2-4,8,11,13-14,17-18H,5-7,9-10H2,1H3. The van der Waals surface area contributed by atoms with Gasteiger partial charge in [0.05, 0.1) is 0 Å². The van der Waals surface area contributed by atoms with Gasteiger partial charge in [0.2, 0.25) is 5.91 Å². The molecule has 2 aliphatic rings. The van der Waals surface area contributed by atoms with Crippen LogP contribution in [-0.2, 0) is 11.2 Å². The van der Waals surface area contributed by atoms with Gasteiger partial charge in [0.25, 0.3) is 0 Å². The molecule has 1 aromatic heterocycles. The predicted molar refractivity (Wildman–Crippen MR) is 76.8 cm³/mol. The van der Waals surface area contributed by atoms with E-state index in [0.717, 1.165) is 24.5 Å². The summed E-state index contributed by atoms with van der Waals surface area (Å²) in [6, 6.07) is 6.29. The second kappa shape index (κ2) is 5.89. The molecule has 5 heteroatoms. The van der Waals surface area contributed by atoms with E-state index in [1.807, 2.05) is 30.1 Å². The van der Waals surface area contributed by atoms with E-state index in [2.05, 4.69) is 15.8 Å². The van der Waals surface area contributed by atoms with E-state index in [4.69, 9.17) is 0 Å². The molecular weight excluding hydrogens is 252 g/mol. The molecule has 2 N–H and O–H groups in total. The lowest BCUT2D eigenvalue weighted by molar-refractivity contribution is -0.131. The lowest BCUT2D eigenvalue weighted by Gasteiger charge is -2.20. The topological polar surface area (TPSA) is 57.3 Å². The number of hydrogen-bond donors (Lipinski definition) is 2. The van der Waals surface area contributed by atoms with E-state index < -0.39 is 0 Å². The van der Waals surface area contributed by atoms with Crippen LogP contribution in [0.3, 0.4) is 0 Å². The van der Waals surface area contributed by atoms with Crippen LogP contribution in [0, 0.1) is 5.92 Å². The van der Waals surface area contributed by atoms with Crippen molar-refractivity contribution in [3.8, 4) is 0 Å². The molecule has 1 aromatic rings. The summed E-state index contributed by atoms with van der Waals surface area (Å²) >= 11 is 0. The molecule has 1 saturated carbocycles. The van der Waals surface area contributed by atoms with E-state index in [0.29, 0.717) is 12.6 Å². The molecule has 0 bridgehead atoms. The van der Waals surface area contributed by atoms with Crippen LogP contribution in [-0.4, -0.2) is 41.5 Å². The number of likely N-dealkylation sites (N-methyl/N-ethyl adjacent to an activating group) is 1. The van der Waals surface area contributed by atoms with Crippen LogP contribution in [0.1, 0.15) is 25.0 Å². The molecule has 108 valence electrons. The Morgan fingerprint density at radius 2 is 2.25 bits per heavy atom. The smallest absolute Gasteiger partial charge is 0.240 e. The van der Waals surface area contributed by atoms with Crippen molar-refractivity contribution in [2.24, 2.45) is 5.92 Å². The molecule has 0 spiro atoms. The Hall–Kier alpha value is -1.46. The SMILES string of the molecule is CN(CCc1ccccn1)C(=O)C1CC(C2CC2)NN1. The first kappa shape index (κ1) is 13.5. The van der Waals surface area contributed by atoms with Crippen LogP contribution in [0.25, 0.3) is 0 Å². The maximum Gasteiger partial charge on any atom is 0.240 e. The van der Waals surface area contributed by atoms with Crippen molar-refractivity contribution in [3.05, 3.63) is 30.1 Å². The number of hydrogen-bond acceptors (Lipinski definition) is 4. The average Bonchev–Trinajstić information content (AvgIpc) is 3.22. The molecule has 5 nitrogen and oxygen atoms in total. The molecule has 3 rings (SSSR count). The third-order valence-corrected chi connectivity index (χ3v) is 4.23. The van der Waals surface area contributed by atoms with Gasteiger partial charge in [-0.2, -0.15) is 0 Å². The zero-order valence-corrected chi connectivity index (χ0v) is 11.9. The summed E-state index contributed by atoms with van der Waals surface area (Å²) in [7, 11) is 1.87. The van der Waals surface area contributed by atoms with Crippen LogP contribution in [0.5, 0.6) is 0 Å². The highest BCUT2D eigenvalue weighted by Crippen LogP contribution is 2.35. The van der Waals surface area contributed by atoms with Gasteiger partial charge in [-0.05, 0) is 37.3 Å². The molecule has 20 heavy (non-hydrogen) atoms. The van der Waals surface area contributed by atoms with Crippen molar-refractivity contribution in [1.82, 2.24) is 20.7 Å². The highest BCUT2D eigenvalue weighted by atomic mass is 16.2. The predicted octanol–water partition coefficient (Wildman–Crippen LogP) is 0.728. The molecular formula is C15H22N4O. The summed E-state index contributed by atoms with van der Waals surface area (Å²) in [4.78, 5) is 18.5. The van der Waals surface area contributed by atoms with E-state index >= 15 is 0 Å². The lowest BCUT2D eigenvalue weighted by Crippen LogP contribution is -2.44. The van der Waals surface area contributed by atoms with E-state index in [9.17, 15) is 4.79 Å². The van der Waals surface area contributed by atoms with E-state index in [1.54, 1.807) is 6.20 Å². The fraction of sp³-hybridized carbons (Fsp3) is 0.600. The fourth-order valence-corrected chi connectivity index (χ4v) is 2.76. The minimum Gasteiger partial charge on any atom is -0.344 e. The third-order valence-electron chi connectivity index (χ3n) is 4.23. The largest absolute Gasteiger partial charge is 0.344 e. The maximum atomic E-state index is 12.4. The first-order valence-electron chi connectivity index (χ1n) is 7.40. The van der Waals surface area contributed by atoms with Gasteiger partial charge >= 0.3 is 0 Å².